The van der Waals surface area contributed by atoms with Gasteiger partial charge in [-0.25, -0.2) is 19.7 Å². The van der Waals surface area contributed by atoms with Crippen LogP contribution in [0.3, 0.4) is 0 Å². The molecule has 0 spiro atoms. The third-order valence-electron chi connectivity index (χ3n) is 4.71. The van der Waals surface area contributed by atoms with Gasteiger partial charge in [-0.1, -0.05) is 0 Å². The molecule has 1 atom stereocenters. The minimum absolute atomic E-state index is 0.0528. The zero-order valence-electron chi connectivity index (χ0n) is 15.5. The molecule has 4 rings (SSSR count). The van der Waals surface area contributed by atoms with Crippen molar-refractivity contribution in [2.45, 2.75) is 18.5 Å². The molecule has 0 aliphatic carbocycles. The van der Waals surface area contributed by atoms with Crippen LogP contribution in [0.5, 0.6) is 0 Å². The Bertz CT molecular complexity index is 1010. The number of hydrogen-bond donors (Lipinski definition) is 2. The van der Waals surface area contributed by atoms with Gasteiger partial charge in [0.1, 0.15) is 23.7 Å². The lowest BCUT2D eigenvalue weighted by molar-refractivity contribution is -0.206. The van der Waals surface area contributed by atoms with Gasteiger partial charge in [-0.15, -0.1) is 0 Å². The number of pyridine rings is 1. The van der Waals surface area contributed by atoms with Crippen LogP contribution in [0.1, 0.15) is 17.2 Å². The van der Waals surface area contributed by atoms with Gasteiger partial charge in [-0.2, -0.15) is 26.3 Å². The van der Waals surface area contributed by atoms with Gasteiger partial charge in [-0.05, 0) is 12.1 Å². The van der Waals surface area contributed by atoms with Crippen LogP contribution in [0, 0.1) is 0 Å². The second-order valence-electron chi connectivity index (χ2n) is 6.77. The van der Waals surface area contributed by atoms with E-state index >= 15 is 0 Å². The first-order valence-electron chi connectivity index (χ1n) is 8.98. The summed E-state index contributed by atoms with van der Waals surface area (Å²) in [7, 11) is 0. The van der Waals surface area contributed by atoms with Crippen LogP contribution < -0.4 is 15.5 Å². The van der Waals surface area contributed by atoms with Crippen molar-refractivity contribution >= 4 is 17.7 Å². The average Bonchev–Trinajstić information content (AvgIpc) is 2.71. The normalized spacial score (nSPS) is 19.5. The second kappa shape index (κ2) is 7.51. The van der Waals surface area contributed by atoms with Crippen LogP contribution in [-0.4, -0.2) is 53.4 Å². The summed E-state index contributed by atoms with van der Waals surface area (Å²) < 4.78 is 85.6. The zero-order chi connectivity index (χ0) is 22.4. The number of alkyl halides is 6. The van der Waals surface area contributed by atoms with Crippen molar-refractivity contribution in [3.8, 4) is 11.4 Å². The van der Waals surface area contributed by atoms with E-state index in [2.05, 4.69) is 25.0 Å². The van der Waals surface area contributed by atoms with Gasteiger partial charge < -0.3 is 15.0 Å². The van der Waals surface area contributed by atoms with E-state index in [1.165, 1.54) is 0 Å². The lowest BCUT2D eigenvalue weighted by Gasteiger charge is -2.30. The largest absolute Gasteiger partial charge is 0.431 e. The first-order valence-corrected chi connectivity index (χ1v) is 8.98. The fourth-order valence-electron chi connectivity index (χ4n) is 3.33. The molecule has 4 heterocycles. The molecule has 1 fully saturated rings. The van der Waals surface area contributed by atoms with Gasteiger partial charge in [0.15, 0.2) is 0 Å². The third-order valence-corrected chi connectivity index (χ3v) is 4.71. The second-order valence-corrected chi connectivity index (χ2v) is 6.77. The summed E-state index contributed by atoms with van der Waals surface area (Å²) in [6.07, 6.45) is -13.1. The Balaban J connectivity index is 1.90. The minimum atomic E-state index is -5.05. The van der Waals surface area contributed by atoms with Crippen molar-refractivity contribution in [1.29, 1.82) is 0 Å². The summed E-state index contributed by atoms with van der Waals surface area (Å²) in [6.45, 7) is 1.73. The number of rotatable bonds is 2. The van der Waals surface area contributed by atoms with Crippen LogP contribution in [0.4, 0.5) is 42.8 Å². The van der Waals surface area contributed by atoms with Crippen molar-refractivity contribution in [1.82, 2.24) is 20.3 Å². The molecule has 2 aromatic rings. The SMILES string of the molecule is O=C1Nc2ncnc(-c3cc(C(F)(F)F)cc(N4CCNCC4)n3)c2[C@@H](C(F)(F)F)O1. The number of piperazine rings is 1. The highest BCUT2D eigenvalue weighted by atomic mass is 19.4. The number of fused-ring (bicyclic) bond motifs is 1. The summed E-state index contributed by atoms with van der Waals surface area (Å²) in [5.74, 6) is -0.561. The van der Waals surface area contributed by atoms with Crippen LogP contribution in [0.2, 0.25) is 0 Å². The molecular weight excluding hydrogens is 434 g/mol. The highest BCUT2D eigenvalue weighted by Crippen LogP contribution is 2.45. The van der Waals surface area contributed by atoms with Gasteiger partial charge in [0.05, 0.1) is 16.8 Å². The molecular formula is C17H14F6N6O2. The zero-order valence-corrected chi connectivity index (χ0v) is 15.5. The van der Waals surface area contributed by atoms with Crippen molar-refractivity contribution in [3.63, 3.8) is 0 Å². The molecule has 1 saturated heterocycles. The molecule has 2 aliphatic rings. The summed E-state index contributed by atoms with van der Waals surface area (Å²) >= 11 is 0. The molecule has 2 aliphatic heterocycles. The first kappa shape index (κ1) is 21.1. The van der Waals surface area contributed by atoms with Gasteiger partial charge in [0, 0.05) is 26.2 Å². The number of cyclic esters (lactones) is 1. The van der Waals surface area contributed by atoms with Gasteiger partial charge >= 0.3 is 18.4 Å². The van der Waals surface area contributed by atoms with Crippen molar-refractivity contribution in [2.24, 2.45) is 0 Å². The summed E-state index contributed by atoms with van der Waals surface area (Å²) in [4.78, 5) is 24.6. The monoisotopic (exact) mass is 448 g/mol. The van der Waals surface area contributed by atoms with Gasteiger partial charge in [-0.3, -0.25) is 5.32 Å². The summed E-state index contributed by atoms with van der Waals surface area (Å²) in [5, 5.41) is 5.06. The lowest BCUT2D eigenvalue weighted by Crippen LogP contribution is -2.44. The Hall–Kier alpha value is -3.16. The Morgan fingerprint density at radius 1 is 1.06 bits per heavy atom. The maximum atomic E-state index is 13.6. The third kappa shape index (κ3) is 4.19. The molecule has 0 bridgehead atoms. The molecule has 0 saturated carbocycles. The minimum Gasteiger partial charge on any atom is -0.431 e. The lowest BCUT2D eigenvalue weighted by atomic mass is 10.0. The van der Waals surface area contributed by atoms with E-state index in [-0.39, 0.29) is 5.82 Å². The number of nitrogens with zero attached hydrogens (tertiary/aromatic N) is 4. The number of aromatic nitrogens is 3. The van der Waals surface area contributed by atoms with E-state index in [0.717, 1.165) is 12.4 Å². The molecule has 166 valence electrons. The number of carbonyl (C=O) groups excluding carboxylic acids is 1. The maximum absolute atomic E-state index is 13.6. The predicted octanol–water partition coefficient (Wildman–Crippen LogP) is 3.13. The van der Waals surface area contributed by atoms with Crippen LogP contribution >= 0.6 is 0 Å². The maximum Gasteiger partial charge on any atom is 0.430 e. The van der Waals surface area contributed by atoms with E-state index < -0.39 is 52.9 Å². The average molecular weight is 448 g/mol. The number of carbonyl (C=O) groups is 1. The van der Waals surface area contributed by atoms with Crippen molar-refractivity contribution in [3.05, 3.63) is 29.6 Å². The Morgan fingerprint density at radius 3 is 2.42 bits per heavy atom. The molecule has 0 unspecified atom stereocenters. The molecule has 0 radical (unpaired) electrons. The Labute approximate surface area is 170 Å². The number of hydrogen-bond acceptors (Lipinski definition) is 7. The molecule has 2 aromatic heterocycles. The number of anilines is 2. The van der Waals surface area contributed by atoms with E-state index in [1.54, 1.807) is 4.90 Å². The van der Waals surface area contributed by atoms with Crippen molar-refractivity contribution < 1.29 is 35.9 Å². The number of halogens is 6. The fourth-order valence-corrected chi connectivity index (χ4v) is 3.33. The highest BCUT2D eigenvalue weighted by molar-refractivity contribution is 5.88. The van der Waals surface area contributed by atoms with Crippen LogP contribution in [0.15, 0.2) is 18.5 Å². The molecule has 8 nitrogen and oxygen atoms in total. The van der Waals surface area contributed by atoms with Crippen LogP contribution in [0.25, 0.3) is 11.4 Å². The highest BCUT2D eigenvalue weighted by Gasteiger charge is 2.50. The van der Waals surface area contributed by atoms with E-state index in [9.17, 15) is 31.1 Å². The van der Waals surface area contributed by atoms with Gasteiger partial charge in [0.2, 0.25) is 6.10 Å². The van der Waals surface area contributed by atoms with Crippen LogP contribution in [-0.2, 0) is 10.9 Å². The first-order chi connectivity index (χ1) is 14.5. The Morgan fingerprint density at radius 2 is 1.77 bits per heavy atom. The van der Waals surface area contributed by atoms with Gasteiger partial charge in [0.25, 0.3) is 0 Å². The number of ether oxygens (including phenoxy) is 1. The van der Waals surface area contributed by atoms with Crippen molar-refractivity contribution in [2.75, 3.05) is 36.4 Å². The molecule has 0 aromatic carbocycles. The quantitative estimate of drug-likeness (QED) is 0.682. The Kier molecular flexibility index (Phi) is 5.11. The molecule has 31 heavy (non-hydrogen) atoms. The topological polar surface area (TPSA) is 92.3 Å². The van der Waals surface area contributed by atoms with E-state index in [1.807, 2.05) is 5.32 Å². The molecule has 1 amide bonds. The predicted molar refractivity (Wildman–Crippen MR) is 94.2 cm³/mol. The summed E-state index contributed by atoms with van der Waals surface area (Å²) in [5.41, 5.74) is -2.78. The smallest absolute Gasteiger partial charge is 0.430 e. The summed E-state index contributed by atoms with van der Waals surface area (Å²) in [6, 6.07) is 1.44. The standard InChI is InChI=1S/C17H14F6N6O2/c18-16(19,20)8-5-9(27-10(6-8)29-3-1-24-2-4-29)12-11-13(17(21,22)23)31-15(30)28-14(11)26-7-25-12/h5-7,13,24H,1-4H2,(H,25,26,28,30)/t13-/m0/s1. The number of nitrogens with one attached hydrogen (secondary N) is 2. The molecule has 2 N–H and O–H groups in total. The number of amides is 1. The van der Waals surface area contributed by atoms with E-state index in [0.29, 0.717) is 32.2 Å². The fraction of sp³-hybridized carbons (Fsp3) is 0.412. The van der Waals surface area contributed by atoms with E-state index in [4.69, 9.17) is 0 Å². The molecule has 14 heteroatoms.